The summed E-state index contributed by atoms with van der Waals surface area (Å²) >= 11 is 0. The number of carbonyl (C=O) groups excluding carboxylic acids is 1. The Morgan fingerprint density at radius 1 is 1.16 bits per heavy atom. The Balaban J connectivity index is 1.68. The number of aromatic nitrogens is 1. The molecular weight excluding hydrogens is 329 g/mol. The summed E-state index contributed by atoms with van der Waals surface area (Å²) in [4.78, 5) is 26.5. The molecule has 7 nitrogen and oxygen atoms in total. The second-order valence-corrected chi connectivity index (χ2v) is 5.67. The molecule has 0 unspecified atom stereocenters. The van der Waals surface area contributed by atoms with Gasteiger partial charge in [-0.05, 0) is 31.0 Å². The molecule has 1 fully saturated rings. The summed E-state index contributed by atoms with van der Waals surface area (Å²) in [5.41, 5.74) is -0.164. The first-order valence-corrected chi connectivity index (χ1v) is 7.75. The van der Waals surface area contributed by atoms with E-state index < -0.39 is 11.9 Å². The number of carbonyl (C=O) groups is 2. The molecule has 1 aromatic heterocycles. The molecule has 2 amide bonds. The lowest BCUT2D eigenvalue weighted by molar-refractivity contribution is -0.122. The van der Waals surface area contributed by atoms with Crippen molar-refractivity contribution in [2.24, 2.45) is 5.92 Å². The van der Waals surface area contributed by atoms with Crippen molar-refractivity contribution in [3.05, 3.63) is 42.3 Å². The predicted octanol–water partition coefficient (Wildman–Crippen LogP) is 3.84. The summed E-state index contributed by atoms with van der Waals surface area (Å²) in [6, 6.07) is 6.87. The highest BCUT2D eigenvalue weighted by atomic mass is 19.1. The summed E-state index contributed by atoms with van der Waals surface area (Å²) < 4.78 is 19.4. The van der Waals surface area contributed by atoms with Crippen molar-refractivity contribution < 1.29 is 23.8 Å². The van der Waals surface area contributed by atoms with Gasteiger partial charge in [0.15, 0.2) is 5.82 Å². The maximum absolute atomic E-state index is 13.8. The van der Waals surface area contributed by atoms with Gasteiger partial charge < -0.3 is 15.2 Å². The monoisotopic (exact) mass is 345 g/mol. The van der Waals surface area contributed by atoms with Gasteiger partial charge in [-0.1, -0.05) is 6.42 Å². The van der Waals surface area contributed by atoms with Gasteiger partial charge in [-0.25, -0.2) is 14.2 Å². The van der Waals surface area contributed by atoms with E-state index >= 15 is 0 Å². The fourth-order valence-corrected chi connectivity index (χ4v) is 2.35. The van der Waals surface area contributed by atoms with E-state index in [1.165, 1.54) is 24.4 Å². The van der Waals surface area contributed by atoms with E-state index in [9.17, 15) is 14.0 Å². The first kappa shape index (κ1) is 16.7. The van der Waals surface area contributed by atoms with Crippen LogP contribution in [0.15, 0.2) is 36.5 Å². The molecule has 0 bridgehead atoms. The number of carboxylic acid groups (broad SMARTS) is 1. The number of nitrogens with one attached hydrogen (secondary N) is 2. The number of nitrogens with zero attached hydrogens (tertiary/aromatic N) is 1. The number of benzene rings is 1. The molecule has 0 spiro atoms. The van der Waals surface area contributed by atoms with E-state index in [1.54, 1.807) is 6.07 Å². The third-order valence-electron chi connectivity index (χ3n) is 3.88. The summed E-state index contributed by atoms with van der Waals surface area (Å²) in [5.74, 6) is 0.139. The molecule has 0 saturated heterocycles. The van der Waals surface area contributed by atoms with Crippen LogP contribution in [0.4, 0.5) is 20.7 Å². The molecule has 130 valence electrons. The standard InChI is InChI=1S/C17H16FN3O4/c18-13-8-11(4-5-14(13)20-17(23)24)25-12-6-7-19-15(9-12)21-16(22)10-2-1-3-10/h4-10,20H,1-3H2,(H,23,24)(H,19,21,22). The highest BCUT2D eigenvalue weighted by Crippen LogP contribution is 2.29. The highest BCUT2D eigenvalue weighted by Gasteiger charge is 2.25. The Hall–Kier alpha value is -3.16. The average molecular weight is 345 g/mol. The number of hydrogen-bond acceptors (Lipinski definition) is 4. The van der Waals surface area contributed by atoms with Crippen LogP contribution in [0.25, 0.3) is 0 Å². The highest BCUT2D eigenvalue weighted by molar-refractivity contribution is 5.92. The van der Waals surface area contributed by atoms with Gasteiger partial charge in [-0.15, -0.1) is 0 Å². The van der Waals surface area contributed by atoms with E-state index in [2.05, 4.69) is 10.3 Å². The zero-order valence-corrected chi connectivity index (χ0v) is 13.2. The fourth-order valence-electron chi connectivity index (χ4n) is 2.35. The minimum absolute atomic E-state index is 0.0368. The van der Waals surface area contributed by atoms with Crippen molar-refractivity contribution in [2.75, 3.05) is 10.6 Å². The predicted molar refractivity (Wildman–Crippen MR) is 88.3 cm³/mol. The number of ether oxygens (including phenoxy) is 1. The molecule has 1 heterocycles. The van der Waals surface area contributed by atoms with E-state index in [0.29, 0.717) is 11.6 Å². The molecule has 2 aromatic rings. The molecule has 0 radical (unpaired) electrons. The lowest BCUT2D eigenvalue weighted by atomic mass is 9.85. The van der Waals surface area contributed by atoms with Gasteiger partial charge in [0.25, 0.3) is 0 Å². The van der Waals surface area contributed by atoms with E-state index in [1.807, 2.05) is 5.32 Å². The zero-order chi connectivity index (χ0) is 17.8. The van der Waals surface area contributed by atoms with Crippen LogP contribution >= 0.6 is 0 Å². The molecule has 1 aromatic carbocycles. The molecule has 0 atom stereocenters. The number of amides is 2. The normalized spacial score (nSPS) is 13.6. The summed E-state index contributed by atoms with van der Waals surface area (Å²) in [6.07, 6.45) is 2.96. The van der Waals surface area contributed by atoms with Crippen LogP contribution in [0.5, 0.6) is 11.5 Å². The Morgan fingerprint density at radius 2 is 1.92 bits per heavy atom. The molecule has 3 rings (SSSR count). The topological polar surface area (TPSA) is 101 Å². The second kappa shape index (κ2) is 7.16. The summed E-state index contributed by atoms with van der Waals surface area (Å²) in [7, 11) is 0. The number of anilines is 2. The number of halogens is 1. The van der Waals surface area contributed by atoms with Crippen LogP contribution in [0.3, 0.4) is 0 Å². The molecule has 1 aliphatic rings. The van der Waals surface area contributed by atoms with Gasteiger partial charge in [-0.2, -0.15) is 0 Å². The molecular formula is C17H16FN3O4. The molecule has 1 saturated carbocycles. The van der Waals surface area contributed by atoms with Crippen molar-refractivity contribution in [1.29, 1.82) is 0 Å². The lowest BCUT2D eigenvalue weighted by Crippen LogP contribution is -2.28. The molecule has 8 heteroatoms. The van der Waals surface area contributed by atoms with Crippen LogP contribution < -0.4 is 15.4 Å². The van der Waals surface area contributed by atoms with Gasteiger partial charge in [0, 0.05) is 24.2 Å². The van der Waals surface area contributed by atoms with Crippen LogP contribution in [0.1, 0.15) is 19.3 Å². The lowest BCUT2D eigenvalue weighted by Gasteiger charge is -2.23. The van der Waals surface area contributed by atoms with Crippen LogP contribution in [-0.2, 0) is 4.79 Å². The molecule has 1 aliphatic carbocycles. The van der Waals surface area contributed by atoms with E-state index in [4.69, 9.17) is 9.84 Å². The smallest absolute Gasteiger partial charge is 0.409 e. The zero-order valence-electron chi connectivity index (χ0n) is 13.2. The van der Waals surface area contributed by atoms with Crippen molar-refractivity contribution >= 4 is 23.5 Å². The van der Waals surface area contributed by atoms with Crippen LogP contribution in [-0.4, -0.2) is 22.1 Å². The first-order chi connectivity index (χ1) is 12.0. The van der Waals surface area contributed by atoms with E-state index in [-0.39, 0.29) is 23.3 Å². The SMILES string of the molecule is O=C(O)Nc1ccc(Oc2ccnc(NC(=O)C3CCC3)c2)cc1F. The van der Waals surface area contributed by atoms with Crippen LogP contribution in [0.2, 0.25) is 0 Å². The van der Waals surface area contributed by atoms with Gasteiger partial charge in [0.05, 0.1) is 5.69 Å². The Kier molecular flexibility index (Phi) is 4.78. The maximum atomic E-state index is 13.8. The Bertz CT molecular complexity index is 808. The third-order valence-corrected chi connectivity index (χ3v) is 3.88. The molecule has 3 N–H and O–H groups in total. The van der Waals surface area contributed by atoms with Crippen molar-refractivity contribution in [3.63, 3.8) is 0 Å². The van der Waals surface area contributed by atoms with Gasteiger partial charge in [0.2, 0.25) is 5.91 Å². The number of pyridine rings is 1. The summed E-state index contributed by atoms with van der Waals surface area (Å²) in [6.45, 7) is 0. The van der Waals surface area contributed by atoms with Gasteiger partial charge >= 0.3 is 6.09 Å². The third kappa shape index (κ3) is 4.23. The largest absolute Gasteiger partial charge is 0.465 e. The van der Waals surface area contributed by atoms with Crippen molar-refractivity contribution in [1.82, 2.24) is 4.98 Å². The van der Waals surface area contributed by atoms with E-state index in [0.717, 1.165) is 25.3 Å². The number of hydrogen-bond donors (Lipinski definition) is 3. The Labute approximate surface area is 142 Å². The van der Waals surface area contributed by atoms with Crippen LogP contribution in [0, 0.1) is 11.7 Å². The minimum Gasteiger partial charge on any atom is -0.465 e. The minimum atomic E-state index is -1.35. The average Bonchev–Trinajstić information content (AvgIpc) is 2.48. The first-order valence-electron chi connectivity index (χ1n) is 7.75. The Morgan fingerprint density at radius 3 is 2.56 bits per heavy atom. The molecule has 25 heavy (non-hydrogen) atoms. The fraction of sp³-hybridized carbons (Fsp3) is 0.235. The quantitative estimate of drug-likeness (QED) is 0.764. The van der Waals surface area contributed by atoms with Gasteiger partial charge in [0.1, 0.15) is 17.3 Å². The van der Waals surface area contributed by atoms with Crippen molar-refractivity contribution in [2.45, 2.75) is 19.3 Å². The van der Waals surface area contributed by atoms with Gasteiger partial charge in [-0.3, -0.25) is 10.1 Å². The maximum Gasteiger partial charge on any atom is 0.409 e. The summed E-state index contributed by atoms with van der Waals surface area (Å²) in [5, 5.41) is 13.3. The second-order valence-electron chi connectivity index (χ2n) is 5.67. The number of rotatable bonds is 5. The van der Waals surface area contributed by atoms with Crippen molar-refractivity contribution in [3.8, 4) is 11.5 Å². The molecule has 0 aliphatic heterocycles.